The van der Waals surface area contributed by atoms with Crippen LogP contribution in [0.15, 0.2) is 54.7 Å². The number of amides is 3. The first-order chi connectivity index (χ1) is 16.6. The molecule has 3 atom stereocenters. The van der Waals surface area contributed by atoms with Crippen molar-refractivity contribution in [3.05, 3.63) is 65.9 Å². The number of fused-ring (bicyclic) bond motifs is 4. The summed E-state index contributed by atoms with van der Waals surface area (Å²) in [7, 11) is 1.58. The predicted octanol–water partition coefficient (Wildman–Crippen LogP) is 3.82. The molecule has 9 nitrogen and oxygen atoms in total. The second-order valence-electron chi connectivity index (χ2n) is 8.45. The van der Waals surface area contributed by atoms with E-state index in [-0.39, 0.29) is 30.0 Å². The van der Waals surface area contributed by atoms with Gasteiger partial charge in [-0.2, -0.15) is 0 Å². The van der Waals surface area contributed by atoms with Crippen LogP contribution in [-0.2, 0) is 11.2 Å². The van der Waals surface area contributed by atoms with Crippen molar-refractivity contribution in [2.24, 2.45) is 0 Å². The Balaban J connectivity index is 1.14. The minimum absolute atomic E-state index is 0.0411. The molecule has 2 aliphatic heterocycles. The molecule has 1 saturated carbocycles. The molecular weight excluding hydrogens is 436 g/mol. The van der Waals surface area contributed by atoms with Crippen LogP contribution in [0.1, 0.15) is 23.5 Å². The molecule has 3 heterocycles. The van der Waals surface area contributed by atoms with Crippen LogP contribution >= 0.6 is 0 Å². The van der Waals surface area contributed by atoms with Crippen molar-refractivity contribution in [1.29, 1.82) is 0 Å². The number of hydrogen-bond acceptors (Lipinski definition) is 6. The van der Waals surface area contributed by atoms with E-state index >= 15 is 0 Å². The highest BCUT2D eigenvalue weighted by Gasteiger charge is 2.59. The van der Waals surface area contributed by atoms with Crippen molar-refractivity contribution in [2.75, 3.05) is 17.7 Å². The van der Waals surface area contributed by atoms with Crippen LogP contribution in [0.25, 0.3) is 0 Å². The lowest BCUT2D eigenvalue weighted by Crippen LogP contribution is -2.33. The summed E-state index contributed by atoms with van der Waals surface area (Å²) in [6.07, 6.45) is 2.51. The number of carbonyl (C=O) groups is 2. The number of ether oxygens (including phenoxy) is 3. The zero-order valence-corrected chi connectivity index (χ0v) is 18.3. The maximum absolute atomic E-state index is 12.5. The molecule has 9 heteroatoms. The normalized spacial score (nSPS) is 21.2. The van der Waals surface area contributed by atoms with E-state index in [1.807, 2.05) is 30.3 Å². The second kappa shape index (κ2) is 7.95. The van der Waals surface area contributed by atoms with Gasteiger partial charge in [-0.05, 0) is 42.8 Å². The van der Waals surface area contributed by atoms with E-state index < -0.39 is 0 Å². The monoisotopic (exact) mass is 458 g/mol. The summed E-state index contributed by atoms with van der Waals surface area (Å²) < 4.78 is 17.4. The van der Waals surface area contributed by atoms with Gasteiger partial charge in [-0.3, -0.25) is 4.79 Å². The SMILES string of the molecule is COc1cccc(NC(=O)N[C@H]2[C@H]3Oc4ccc(Oc5ccnc6c5CCC(=O)N6)cc4[C@@H]23)c1. The minimum Gasteiger partial charge on any atom is -0.497 e. The number of methoxy groups -OCH3 is 1. The Bertz CT molecular complexity index is 1310. The van der Waals surface area contributed by atoms with Crippen LogP contribution in [0.4, 0.5) is 16.3 Å². The summed E-state index contributed by atoms with van der Waals surface area (Å²) in [6.45, 7) is 0. The molecule has 0 spiro atoms. The first-order valence-electron chi connectivity index (χ1n) is 11.1. The zero-order valence-electron chi connectivity index (χ0n) is 18.3. The predicted molar refractivity (Wildman–Crippen MR) is 124 cm³/mol. The van der Waals surface area contributed by atoms with E-state index in [1.54, 1.807) is 31.5 Å². The topological polar surface area (TPSA) is 111 Å². The van der Waals surface area contributed by atoms with E-state index in [0.29, 0.717) is 41.6 Å². The number of nitrogens with one attached hydrogen (secondary N) is 3. The lowest BCUT2D eigenvalue weighted by molar-refractivity contribution is -0.116. The number of anilines is 2. The van der Waals surface area contributed by atoms with Gasteiger partial charge in [-0.15, -0.1) is 0 Å². The first kappa shape index (κ1) is 20.3. The fourth-order valence-corrected chi connectivity index (χ4v) is 4.58. The summed E-state index contributed by atoms with van der Waals surface area (Å²) in [5, 5.41) is 8.61. The maximum atomic E-state index is 12.5. The van der Waals surface area contributed by atoms with Crippen molar-refractivity contribution in [3.63, 3.8) is 0 Å². The molecule has 0 bridgehead atoms. The van der Waals surface area contributed by atoms with Crippen molar-refractivity contribution in [1.82, 2.24) is 10.3 Å². The molecule has 1 aliphatic carbocycles. The molecule has 3 amide bonds. The van der Waals surface area contributed by atoms with Crippen LogP contribution in [0.2, 0.25) is 0 Å². The molecule has 6 rings (SSSR count). The van der Waals surface area contributed by atoms with Crippen molar-refractivity contribution >= 4 is 23.4 Å². The molecule has 0 unspecified atom stereocenters. The number of hydrogen-bond donors (Lipinski definition) is 3. The quantitative estimate of drug-likeness (QED) is 0.536. The number of nitrogens with zero attached hydrogens (tertiary/aromatic N) is 1. The lowest BCUT2D eigenvalue weighted by atomic mass is 10.1. The largest absolute Gasteiger partial charge is 0.497 e. The van der Waals surface area contributed by atoms with Crippen LogP contribution in [0, 0.1) is 0 Å². The minimum atomic E-state index is -0.296. The fourth-order valence-electron chi connectivity index (χ4n) is 4.58. The van der Waals surface area contributed by atoms with E-state index in [4.69, 9.17) is 14.2 Å². The van der Waals surface area contributed by atoms with E-state index in [0.717, 1.165) is 16.9 Å². The Hall–Kier alpha value is -4.27. The third-order valence-corrected chi connectivity index (χ3v) is 6.28. The molecule has 172 valence electrons. The summed E-state index contributed by atoms with van der Waals surface area (Å²) in [6, 6.07) is 14.3. The highest BCUT2D eigenvalue weighted by Crippen LogP contribution is 2.54. The van der Waals surface area contributed by atoms with Gasteiger partial charge in [0.15, 0.2) is 0 Å². The molecule has 1 fully saturated rings. The van der Waals surface area contributed by atoms with Gasteiger partial charge in [0.2, 0.25) is 5.91 Å². The van der Waals surface area contributed by atoms with Crippen LogP contribution in [0.3, 0.4) is 0 Å². The van der Waals surface area contributed by atoms with Crippen LogP contribution < -0.4 is 30.2 Å². The molecule has 0 radical (unpaired) electrons. The number of urea groups is 1. The third kappa shape index (κ3) is 3.64. The van der Waals surface area contributed by atoms with E-state index in [9.17, 15) is 9.59 Å². The molecular formula is C25H22N4O5. The summed E-state index contributed by atoms with van der Waals surface area (Å²) in [5.41, 5.74) is 2.54. The number of pyridine rings is 1. The van der Waals surface area contributed by atoms with E-state index in [1.165, 1.54) is 0 Å². The smallest absolute Gasteiger partial charge is 0.319 e. The Kier molecular flexibility index (Phi) is 4.75. The number of benzene rings is 2. The molecule has 3 aromatic rings. The standard InChI is InChI=1S/C25H22N4O5/c1-32-14-4-2-3-13(11-14)27-25(31)29-22-21-17-12-15(5-7-18(17)34-23(21)22)33-19-9-10-26-24-16(19)6-8-20(30)28-24/h2-5,7,9-12,21-23H,6,8H2,1H3,(H,26,28,30)(H2,27,29,31)/t21-,22+,23-/m0/s1. The number of aromatic nitrogens is 1. The molecule has 0 saturated heterocycles. The van der Waals surface area contributed by atoms with Gasteiger partial charge in [0, 0.05) is 35.5 Å². The van der Waals surface area contributed by atoms with Crippen LogP contribution in [-0.4, -0.2) is 36.2 Å². The molecule has 3 aliphatic rings. The van der Waals surface area contributed by atoms with Crippen LogP contribution in [0.5, 0.6) is 23.0 Å². The average Bonchev–Trinajstić information content (AvgIpc) is 3.35. The van der Waals surface area contributed by atoms with Crippen molar-refractivity contribution in [3.8, 4) is 23.0 Å². The third-order valence-electron chi connectivity index (χ3n) is 6.28. The average molecular weight is 458 g/mol. The summed E-state index contributed by atoms with van der Waals surface area (Å²) in [5.74, 6) is 3.39. The molecule has 1 aromatic heterocycles. The van der Waals surface area contributed by atoms with Gasteiger partial charge >= 0.3 is 6.03 Å². The zero-order chi connectivity index (χ0) is 23.2. The number of carbonyl (C=O) groups excluding carboxylic acids is 2. The van der Waals surface area contributed by atoms with E-state index in [2.05, 4.69) is 20.9 Å². The van der Waals surface area contributed by atoms with Crippen molar-refractivity contribution in [2.45, 2.75) is 30.9 Å². The Morgan fingerprint density at radius 2 is 2.06 bits per heavy atom. The van der Waals surface area contributed by atoms with Gasteiger partial charge in [0.05, 0.1) is 19.1 Å². The van der Waals surface area contributed by atoms with Crippen molar-refractivity contribution < 1.29 is 23.8 Å². The molecule has 34 heavy (non-hydrogen) atoms. The number of rotatable bonds is 5. The van der Waals surface area contributed by atoms with Gasteiger partial charge < -0.3 is 30.2 Å². The van der Waals surface area contributed by atoms with Gasteiger partial charge in [0.25, 0.3) is 0 Å². The highest BCUT2D eigenvalue weighted by atomic mass is 16.5. The first-order valence-corrected chi connectivity index (χ1v) is 11.1. The Labute approximate surface area is 195 Å². The molecule has 2 aromatic carbocycles. The summed E-state index contributed by atoms with van der Waals surface area (Å²) >= 11 is 0. The summed E-state index contributed by atoms with van der Waals surface area (Å²) in [4.78, 5) is 28.4. The highest BCUT2D eigenvalue weighted by molar-refractivity contribution is 5.93. The maximum Gasteiger partial charge on any atom is 0.319 e. The molecule has 3 N–H and O–H groups in total. The fraction of sp³-hybridized carbons (Fsp3) is 0.240. The lowest BCUT2D eigenvalue weighted by Gasteiger charge is -2.19. The Morgan fingerprint density at radius 1 is 1.15 bits per heavy atom. The van der Waals surface area contributed by atoms with Gasteiger partial charge in [-0.1, -0.05) is 6.07 Å². The van der Waals surface area contributed by atoms with Gasteiger partial charge in [0.1, 0.15) is 34.9 Å². The van der Waals surface area contributed by atoms with Gasteiger partial charge in [-0.25, -0.2) is 9.78 Å². The Morgan fingerprint density at radius 3 is 2.94 bits per heavy atom. The second-order valence-corrected chi connectivity index (χ2v) is 8.45.